The monoisotopic (exact) mass is 325 g/mol. The van der Waals surface area contributed by atoms with Gasteiger partial charge in [0.25, 0.3) is 14.2 Å². The van der Waals surface area contributed by atoms with Crippen molar-refractivity contribution in [2.75, 3.05) is 0 Å². The predicted molar refractivity (Wildman–Crippen MR) is 80.1 cm³/mol. The van der Waals surface area contributed by atoms with E-state index in [1.54, 1.807) is 4.57 Å². The van der Waals surface area contributed by atoms with E-state index in [-0.39, 0.29) is 11.2 Å². The first kappa shape index (κ1) is 14.5. The highest BCUT2D eigenvalue weighted by Crippen LogP contribution is 2.38. The molecule has 0 spiro atoms. The van der Waals surface area contributed by atoms with Crippen LogP contribution in [0.2, 0.25) is 0 Å². The van der Waals surface area contributed by atoms with Gasteiger partial charge in [0.1, 0.15) is 5.82 Å². The minimum absolute atomic E-state index is 0.132. The van der Waals surface area contributed by atoms with E-state index in [9.17, 15) is 8.42 Å². The Balaban J connectivity index is 2.03. The van der Waals surface area contributed by atoms with Gasteiger partial charge < -0.3 is 0 Å². The SMILES string of the molecule is Cc1ccc(C)c(Cc2nnc(S(=O)(=O)Cl)n2C2CC2)c1. The first-order valence-corrected chi connectivity index (χ1v) is 9.12. The van der Waals surface area contributed by atoms with Crippen LogP contribution >= 0.6 is 10.7 Å². The minimum Gasteiger partial charge on any atom is -0.297 e. The number of nitrogens with zero attached hydrogens (tertiary/aromatic N) is 3. The second kappa shape index (κ2) is 5.10. The molecule has 0 N–H and O–H groups in total. The van der Waals surface area contributed by atoms with Gasteiger partial charge in [0.05, 0.1) is 0 Å². The smallest absolute Gasteiger partial charge is 0.296 e. The van der Waals surface area contributed by atoms with E-state index in [1.807, 2.05) is 13.8 Å². The summed E-state index contributed by atoms with van der Waals surface area (Å²) < 4.78 is 24.9. The molecule has 2 aromatic rings. The average Bonchev–Trinajstić information content (AvgIpc) is 3.14. The maximum Gasteiger partial charge on any atom is 0.296 e. The first-order chi connectivity index (χ1) is 9.86. The third-order valence-electron chi connectivity index (χ3n) is 3.72. The number of benzene rings is 1. The fourth-order valence-electron chi connectivity index (χ4n) is 2.45. The second-order valence-electron chi connectivity index (χ2n) is 5.54. The highest BCUT2D eigenvalue weighted by Gasteiger charge is 2.33. The molecule has 7 heteroatoms. The van der Waals surface area contributed by atoms with E-state index in [4.69, 9.17) is 10.7 Å². The Morgan fingerprint density at radius 2 is 2.00 bits per heavy atom. The van der Waals surface area contributed by atoms with Crippen LogP contribution in [0.25, 0.3) is 0 Å². The number of aryl methyl sites for hydroxylation is 2. The van der Waals surface area contributed by atoms with Gasteiger partial charge in [0, 0.05) is 23.1 Å². The summed E-state index contributed by atoms with van der Waals surface area (Å²) in [6.45, 7) is 4.06. The van der Waals surface area contributed by atoms with Crippen LogP contribution in [0, 0.1) is 13.8 Å². The van der Waals surface area contributed by atoms with Crippen molar-refractivity contribution < 1.29 is 8.42 Å². The summed E-state index contributed by atoms with van der Waals surface area (Å²) in [6.07, 6.45) is 2.44. The van der Waals surface area contributed by atoms with Crippen molar-refractivity contribution in [3.05, 3.63) is 40.7 Å². The zero-order valence-electron chi connectivity index (χ0n) is 11.9. The zero-order chi connectivity index (χ0) is 15.2. The molecule has 1 aromatic heterocycles. The van der Waals surface area contributed by atoms with E-state index in [1.165, 1.54) is 5.56 Å². The molecule has 1 aliphatic carbocycles. The molecule has 112 valence electrons. The molecule has 0 atom stereocenters. The average molecular weight is 326 g/mol. The molecule has 5 nitrogen and oxygen atoms in total. The third-order valence-corrected chi connectivity index (χ3v) is 4.85. The van der Waals surface area contributed by atoms with E-state index in [0.29, 0.717) is 12.2 Å². The molecule has 0 bridgehead atoms. The Kier molecular flexibility index (Phi) is 3.53. The van der Waals surface area contributed by atoms with Gasteiger partial charge in [-0.25, -0.2) is 8.42 Å². The lowest BCUT2D eigenvalue weighted by Gasteiger charge is -2.09. The highest BCUT2D eigenvalue weighted by molar-refractivity contribution is 8.13. The zero-order valence-corrected chi connectivity index (χ0v) is 13.4. The molecule has 0 aliphatic heterocycles. The molecule has 0 amide bonds. The highest BCUT2D eigenvalue weighted by atomic mass is 35.7. The van der Waals surface area contributed by atoms with E-state index in [0.717, 1.165) is 24.0 Å². The lowest BCUT2D eigenvalue weighted by atomic mass is 10.0. The molecule has 1 heterocycles. The van der Waals surface area contributed by atoms with Crippen molar-refractivity contribution in [3.8, 4) is 0 Å². The number of rotatable bonds is 4. The van der Waals surface area contributed by atoms with Gasteiger partial charge in [-0.3, -0.25) is 4.57 Å². The Bertz CT molecular complexity index is 795. The van der Waals surface area contributed by atoms with Crippen molar-refractivity contribution in [1.82, 2.24) is 14.8 Å². The molecule has 0 unspecified atom stereocenters. The largest absolute Gasteiger partial charge is 0.297 e. The maximum absolute atomic E-state index is 11.6. The normalized spacial score (nSPS) is 15.4. The van der Waals surface area contributed by atoms with Crippen molar-refractivity contribution in [3.63, 3.8) is 0 Å². The van der Waals surface area contributed by atoms with Gasteiger partial charge in [0.2, 0.25) is 0 Å². The van der Waals surface area contributed by atoms with Crippen LogP contribution in [0.15, 0.2) is 23.4 Å². The summed E-state index contributed by atoms with van der Waals surface area (Å²) in [6, 6.07) is 6.36. The lowest BCUT2D eigenvalue weighted by molar-refractivity contribution is 0.571. The molecule has 1 aliphatic rings. The minimum atomic E-state index is -3.87. The summed E-state index contributed by atoms with van der Waals surface area (Å²) in [7, 11) is 1.59. The van der Waals surface area contributed by atoms with E-state index < -0.39 is 9.05 Å². The molecule has 1 saturated carbocycles. The van der Waals surface area contributed by atoms with Crippen LogP contribution in [0.3, 0.4) is 0 Å². The van der Waals surface area contributed by atoms with Crippen LogP contribution in [-0.4, -0.2) is 23.2 Å². The molecule has 1 fully saturated rings. The Labute approximate surface area is 128 Å². The van der Waals surface area contributed by atoms with Gasteiger partial charge in [-0.1, -0.05) is 23.8 Å². The van der Waals surface area contributed by atoms with Crippen molar-refractivity contribution >= 4 is 19.7 Å². The molecule has 0 saturated heterocycles. The Hall–Kier alpha value is -1.40. The Morgan fingerprint density at radius 1 is 1.29 bits per heavy atom. The second-order valence-corrected chi connectivity index (χ2v) is 8.00. The summed E-state index contributed by atoms with van der Waals surface area (Å²) in [4.78, 5) is 0. The summed E-state index contributed by atoms with van der Waals surface area (Å²) in [5.41, 5.74) is 3.45. The fourth-order valence-corrected chi connectivity index (χ4v) is 3.40. The topological polar surface area (TPSA) is 64.8 Å². The standard InChI is InChI=1S/C14H16ClN3O2S/c1-9-3-4-10(2)11(7-9)8-13-16-17-14(21(15,19)20)18(13)12-5-6-12/h3-4,7,12H,5-6,8H2,1-2H3. The summed E-state index contributed by atoms with van der Waals surface area (Å²) in [5.74, 6) is 0.658. The van der Waals surface area contributed by atoms with Gasteiger partial charge in [-0.05, 0) is 37.8 Å². The third kappa shape index (κ3) is 2.96. The van der Waals surface area contributed by atoms with Crippen LogP contribution in [0.1, 0.15) is 41.4 Å². The predicted octanol–water partition coefficient (Wildman–Crippen LogP) is 2.75. The molecule has 0 radical (unpaired) electrons. The van der Waals surface area contributed by atoms with Crippen LogP contribution < -0.4 is 0 Å². The van der Waals surface area contributed by atoms with Crippen molar-refractivity contribution in [2.45, 2.75) is 44.3 Å². The molecule has 21 heavy (non-hydrogen) atoms. The van der Waals surface area contributed by atoms with Gasteiger partial charge >= 0.3 is 0 Å². The molecular weight excluding hydrogens is 310 g/mol. The lowest BCUT2D eigenvalue weighted by Crippen LogP contribution is -2.09. The summed E-state index contributed by atoms with van der Waals surface area (Å²) in [5, 5.41) is 7.72. The number of hydrogen-bond acceptors (Lipinski definition) is 4. The van der Waals surface area contributed by atoms with Gasteiger partial charge in [0.15, 0.2) is 0 Å². The van der Waals surface area contributed by atoms with Crippen LogP contribution in [0.5, 0.6) is 0 Å². The number of halogens is 1. The van der Waals surface area contributed by atoms with Crippen LogP contribution in [-0.2, 0) is 15.5 Å². The molecular formula is C14H16ClN3O2S. The Morgan fingerprint density at radius 3 is 2.62 bits per heavy atom. The van der Waals surface area contributed by atoms with Crippen molar-refractivity contribution in [2.24, 2.45) is 0 Å². The number of aromatic nitrogens is 3. The number of hydrogen-bond donors (Lipinski definition) is 0. The quantitative estimate of drug-likeness (QED) is 0.811. The van der Waals surface area contributed by atoms with Crippen LogP contribution in [0.4, 0.5) is 0 Å². The molecule has 3 rings (SSSR count). The molecule has 1 aromatic carbocycles. The van der Waals surface area contributed by atoms with Gasteiger partial charge in [-0.15, -0.1) is 10.2 Å². The van der Waals surface area contributed by atoms with Crippen molar-refractivity contribution in [1.29, 1.82) is 0 Å². The summed E-state index contributed by atoms with van der Waals surface area (Å²) >= 11 is 0. The van der Waals surface area contributed by atoms with Gasteiger partial charge in [-0.2, -0.15) is 0 Å². The maximum atomic E-state index is 11.6. The first-order valence-electron chi connectivity index (χ1n) is 6.81. The van der Waals surface area contributed by atoms with E-state index in [2.05, 4.69) is 28.4 Å². The fraction of sp³-hybridized carbons (Fsp3) is 0.429. The van der Waals surface area contributed by atoms with E-state index >= 15 is 0 Å².